The monoisotopic (exact) mass is 173 g/mol. The van der Waals surface area contributed by atoms with Gasteiger partial charge in [0.25, 0.3) is 0 Å². The smallest absolute Gasteiger partial charge is 0.409 e. The highest BCUT2D eigenvalue weighted by molar-refractivity contribution is 5.69. The molecular formula is C7H15N3O2. The Morgan fingerprint density at radius 2 is 2.42 bits per heavy atom. The highest BCUT2D eigenvalue weighted by Crippen LogP contribution is 2.00. The van der Waals surface area contributed by atoms with E-state index in [1.54, 1.807) is 4.90 Å². The van der Waals surface area contributed by atoms with Gasteiger partial charge in [-0.15, -0.1) is 0 Å². The Bertz CT molecular complexity index is 152. The Balaban J connectivity index is 2.02. The lowest BCUT2D eigenvalue weighted by molar-refractivity contribution is 0.158. The quantitative estimate of drug-likeness (QED) is 0.523. The molecule has 12 heavy (non-hydrogen) atoms. The molecule has 1 heterocycles. The second-order valence-corrected chi connectivity index (χ2v) is 2.64. The highest BCUT2D eigenvalue weighted by atomic mass is 16.6. The summed E-state index contributed by atoms with van der Waals surface area (Å²) in [7, 11) is 0. The van der Waals surface area contributed by atoms with Crippen molar-refractivity contribution in [3.05, 3.63) is 0 Å². The Labute approximate surface area is 71.8 Å². The van der Waals surface area contributed by atoms with Crippen molar-refractivity contribution in [3.63, 3.8) is 0 Å². The summed E-state index contributed by atoms with van der Waals surface area (Å²) in [5.41, 5.74) is 5.28. The van der Waals surface area contributed by atoms with Gasteiger partial charge in [-0.25, -0.2) is 4.79 Å². The average Bonchev–Trinajstić information content (AvgIpc) is 2.46. The SMILES string of the molecule is NCCNCCN1CCOC1=O. The molecule has 1 aliphatic heterocycles. The van der Waals surface area contributed by atoms with Crippen LogP contribution in [0.4, 0.5) is 4.79 Å². The summed E-state index contributed by atoms with van der Waals surface area (Å²) >= 11 is 0. The highest BCUT2D eigenvalue weighted by Gasteiger charge is 2.20. The van der Waals surface area contributed by atoms with Crippen molar-refractivity contribution in [2.75, 3.05) is 39.3 Å². The van der Waals surface area contributed by atoms with Gasteiger partial charge in [0.15, 0.2) is 0 Å². The van der Waals surface area contributed by atoms with Crippen LogP contribution in [0.25, 0.3) is 0 Å². The van der Waals surface area contributed by atoms with Crippen LogP contribution in [-0.4, -0.2) is 50.3 Å². The van der Waals surface area contributed by atoms with Crippen LogP contribution in [0.15, 0.2) is 0 Å². The number of nitrogens with zero attached hydrogens (tertiary/aromatic N) is 1. The van der Waals surface area contributed by atoms with Gasteiger partial charge in [-0.05, 0) is 0 Å². The van der Waals surface area contributed by atoms with E-state index in [-0.39, 0.29) is 6.09 Å². The van der Waals surface area contributed by atoms with E-state index in [1.807, 2.05) is 0 Å². The number of ether oxygens (including phenoxy) is 1. The number of hydrogen-bond donors (Lipinski definition) is 2. The number of nitrogens with two attached hydrogens (primary N) is 1. The fourth-order valence-corrected chi connectivity index (χ4v) is 1.07. The first-order valence-corrected chi connectivity index (χ1v) is 4.17. The van der Waals surface area contributed by atoms with E-state index in [0.717, 1.165) is 13.1 Å². The summed E-state index contributed by atoms with van der Waals surface area (Å²) in [6, 6.07) is 0. The van der Waals surface area contributed by atoms with Gasteiger partial charge >= 0.3 is 6.09 Å². The maximum atomic E-state index is 10.9. The predicted octanol–water partition coefficient (Wildman–Crippen LogP) is -1.01. The molecule has 0 bridgehead atoms. The number of hydrogen-bond acceptors (Lipinski definition) is 4. The van der Waals surface area contributed by atoms with Gasteiger partial charge in [0, 0.05) is 26.2 Å². The lowest BCUT2D eigenvalue weighted by Gasteiger charge is -2.12. The zero-order valence-electron chi connectivity index (χ0n) is 7.08. The topological polar surface area (TPSA) is 67.6 Å². The van der Waals surface area contributed by atoms with Crippen LogP contribution >= 0.6 is 0 Å². The minimum Gasteiger partial charge on any atom is -0.448 e. The number of cyclic esters (lactones) is 1. The van der Waals surface area contributed by atoms with Crippen LogP contribution in [0, 0.1) is 0 Å². The molecule has 0 aromatic rings. The second kappa shape index (κ2) is 4.95. The Morgan fingerprint density at radius 1 is 1.58 bits per heavy atom. The van der Waals surface area contributed by atoms with E-state index in [9.17, 15) is 4.79 Å². The van der Waals surface area contributed by atoms with Crippen LogP contribution in [0.5, 0.6) is 0 Å². The molecular weight excluding hydrogens is 158 g/mol. The summed E-state index contributed by atoms with van der Waals surface area (Å²) < 4.78 is 4.76. The molecule has 1 saturated heterocycles. The molecule has 0 atom stereocenters. The first kappa shape index (κ1) is 9.28. The van der Waals surface area contributed by atoms with Crippen LogP contribution in [0.1, 0.15) is 0 Å². The van der Waals surface area contributed by atoms with Crippen LogP contribution in [-0.2, 0) is 4.74 Å². The second-order valence-electron chi connectivity index (χ2n) is 2.64. The summed E-state index contributed by atoms with van der Waals surface area (Å²) in [6.45, 7) is 4.15. The van der Waals surface area contributed by atoms with E-state index in [2.05, 4.69) is 5.32 Å². The molecule has 0 aromatic carbocycles. The van der Waals surface area contributed by atoms with E-state index < -0.39 is 0 Å². The maximum Gasteiger partial charge on any atom is 0.409 e. The first-order valence-electron chi connectivity index (χ1n) is 4.17. The van der Waals surface area contributed by atoms with Crippen molar-refractivity contribution in [3.8, 4) is 0 Å². The Morgan fingerprint density at radius 3 is 3.00 bits per heavy atom. The number of carbonyl (C=O) groups excluding carboxylic acids is 1. The van der Waals surface area contributed by atoms with Gasteiger partial charge in [0.2, 0.25) is 0 Å². The van der Waals surface area contributed by atoms with E-state index in [4.69, 9.17) is 10.5 Å². The summed E-state index contributed by atoms with van der Waals surface area (Å²) in [4.78, 5) is 12.6. The van der Waals surface area contributed by atoms with Crippen LogP contribution in [0.2, 0.25) is 0 Å². The number of carbonyl (C=O) groups is 1. The Hall–Kier alpha value is -0.810. The zero-order chi connectivity index (χ0) is 8.81. The number of nitrogens with one attached hydrogen (secondary N) is 1. The van der Waals surface area contributed by atoms with Gasteiger partial charge in [-0.1, -0.05) is 0 Å². The van der Waals surface area contributed by atoms with Crippen LogP contribution in [0.3, 0.4) is 0 Å². The average molecular weight is 173 g/mol. The maximum absolute atomic E-state index is 10.9. The third kappa shape index (κ3) is 2.67. The molecule has 1 rings (SSSR count). The molecule has 1 aliphatic rings. The van der Waals surface area contributed by atoms with Crippen molar-refractivity contribution in [1.29, 1.82) is 0 Å². The molecule has 0 saturated carbocycles. The molecule has 0 aliphatic carbocycles. The van der Waals surface area contributed by atoms with Gasteiger partial charge in [0.05, 0.1) is 6.54 Å². The van der Waals surface area contributed by atoms with Crippen molar-refractivity contribution in [2.24, 2.45) is 5.73 Å². The molecule has 5 heteroatoms. The van der Waals surface area contributed by atoms with Gasteiger partial charge in [-0.3, -0.25) is 0 Å². The van der Waals surface area contributed by atoms with Crippen molar-refractivity contribution in [1.82, 2.24) is 10.2 Å². The molecule has 0 spiro atoms. The largest absolute Gasteiger partial charge is 0.448 e. The molecule has 5 nitrogen and oxygen atoms in total. The fraction of sp³-hybridized carbons (Fsp3) is 0.857. The third-order valence-electron chi connectivity index (χ3n) is 1.72. The summed E-state index contributed by atoms with van der Waals surface area (Å²) in [5, 5.41) is 3.11. The number of rotatable bonds is 5. The van der Waals surface area contributed by atoms with Crippen LogP contribution < -0.4 is 11.1 Å². The molecule has 1 amide bonds. The minimum absolute atomic E-state index is 0.204. The summed E-state index contributed by atoms with van der Waals surface area (Å²) in [5.74, 6) is 0. The Kier molecular flexibility index (Phi) is 3.83. The third-order valence-corrected chi connectivity index (χ3v) is 1.72. The standard InChI is InChI=1S/C7H15N3O2/c8-1-2-9-3-4-10-5-6-12-7(10)11/h9H,1-6,8H2. The lowest BCUT2D eigenvalue weighted by Crippen LogP contribution is -2.34. The van der Waals surface area contributed by atoms with E-state index in [0.29, 0.717) is 26.2 Å². The molecule has 0 unspecified atom stereocenters. The number of amides is 1. The first-order chi connectivity index (χ1) is 5.84. The van der Waals surface area contributed by atoms with Gasteiger partial charge in [0.1, 0.15) is 6.61 Å². The van der Waals surface area contributed by atoms with Gasteiger partial charge < -0.3 is 20.7 Å². The molecule has 1 fully saturated rings. The molecule has 3 N–H and O–H groups in total. The minimum atomic E-state index is -0.204. The lowest BCUT2D eigenvalue weighted by atomic mass is 10.5. The van der Waals surface area contributed by atoms with Crippen molar-refractivity contribution in [2.45, 2.75) is 0 Å². The van der Waals surface area contributed by atoms with Crippen molar-refractivity contribution >= 4 is 6.09 Å². The van der Waals surface area contributed by atoms with E-state index in [1.165, 1.54) is 0 Å². The molecule has 0 radical (unpaired) electrons. The summed E-state index contributed by atoms with van der Waals surface area (Å²) in [6.07, 6.45) is -0.204. The van der Waals surface area contributed by atoms with Crippen molar-refractivity contribution < 1.29 is 9.53 Å². The fourth-order valence-electron chi connectivity index (χ4n) is 1.07. The molecule has 70 valence electrons. The van der Waals surface area contributed by atoms with E-state index >= 15 is 0 Å². The predicted molar refractivity (Wildman–Crippen MR) is 44.8 cm³/mol. The molecule has 0 aromatic heterocycles. The normalized spacial score (nSPS) is 16.8. The van der Waals surface area contributed by atoms with Gasteiger partial charge in [-0.2, -0.15) is 0 Å². The zero-order valence-corrected chi connectivity index (χ0v) is 7.08.